The first-order valence-electron chi connectivity index (χ1n) is 6.02. The molecule has 0 aliphatic rings. The Hall–Kier alpha value is -1.01. The number of aryl methyl sites for hydroxylation is 1. The Morgan fingerprint density at radius 1 is 1.25 bits per heavy atom. The Morgan fingerprint density at radius 3 is 2.60 bits per heavy atom. The molecule has 0 atom stereocenters. The topological polar surface area (TPSA) is 63.8 Å². The molecule has 7 heteroatoms. The molecule has 2 rings (SSSR count). The van der Waals surface area contributed by atoms with Gasteiger partial charge in [-0.3, -0.25) is 0 Å². The summed E-state index contributed by atoms with van der Waals surface area (Å²) in [7, 11) is 0. The molecule has 0 saturated heterocycles. The molecular formula is C13H14Cl2N4S. The summed E-state index contributed by atoms with van der Waals surface area (Å²) in [5.74, 6) is 6.87. The quantitative estimate of drug-likeness (QED) is 0.502. The minimum Gasteiger partial charge on any atom is -0.308 e. The van der Waals surface area contributed by atoms with Gasteiger partial charge in [-0.2, -0.15) is 0 Å². The number of nitrogen functional groups attached to an aromatic ring is 1. The molecule has 4 nitrogen and oxygen atoms in total. The van der Waals surface area contributed by atoms with Crippen molar-refractivity contribution in [1.82, 2.24) is 9.97 Å². The minimum atomic E-state index is 0.524. The van der Waals surface area contributed by atoms with E-state index in [1.54, 1.807) is 6.07 Å². The van der Waals surface area contributed by atoms with E-state index in [0.717, 1.165) is 27.7 Å². The van der Waals surface area contributed by atoms with Crippen molar-refractivity contribution in [3.8, 4) is 0 Å². The fourth-order valence-corrected chi connectivity index (χ4v) is 2.89. The number of benzene rings is 1. The highest BCUT2D eigenvalue weighted by Gasteiger charge is 2.11. The highest BCUT2D eigenvalue weighted by molar-refractivity contribution is 7.99. The first kappa shape index (κ1) is 15.4. The van der Waals surface area contributed by atoms with Gasteiger partial charge in [0.05, 0.1) is 10.0 Å². The molecule has 0 fully saturated rings. The van der Waals surface area contributed by atoms with Crippen LogP contribution in [0.1, 0.15) is 18.3 Å². The Kier molecular flexibility index (Phi) is 5.10. The SMILES string of the molecule is CCc1nc(NN)c(C)c(Sc2ccc(Cl)c(Cl)c2)n1. The van der Waals surface area contributed by atoms with Crippen LogP contribution in [-0.2, 0) is 6.42 Å². The fourth-order valence-electron chi connectivity index (χ4n) is 1.59. The highest BCUT2D eigenvalue weighted by Crippen LogP contribution is 2.34. The molecule has 106 valence electrons. The molecule has 1 heterocycles. The summed E-state index contributed by atoms with van der Waals surface area (Å²) < 4.78 is 0. The van der Waals surface area contributed by atoms with Crippen LogP contribution in [0.15, 0.2) is 28.1 Å². The number of anilines is 1. The maximum Gasteiger partial charge on any atom is 0.147 e. The first-order valence-corrected chi connectivity index (χ1v) is 7.59. The van der Waals surface area contributed by atoms with Gasteiger partial charge in [0.1, 0.15) is 16.7 Å². The van der Waals surface area contributed by atoms with Crippen molar-refractivity contribution in [2.24, 2.45) is 5.84 Å². The molecule has 1 aromatic heterocycles. The molecule has 0 radical (unpaired) electrons. The van der Waals surface area contributed by atoms with E-state index in [1.807, 2.05) is 26.0 Å². The maximum atomic E-state index is 6.03. The Bertz CT molecular complexity index is 634. The van der Waals surface area contributed by atoms with Crippen molar-refractivity contribution < 1.29 is 0 Å². The monoisotopic (exact) mass is 328 g/mol. The second kappa shape index (κ2) is 6.63. The molecule has 0 bridgehead atoms. The highest BCUT2D eigenvalue weighted by atomic mass is 35.5. The Balaban J connectivity index is 2.39. The second-order valence-corrected chi connectivity index (χ2v) is 5.97. The summed E-state index contributed by atoms with van der Waals surface area (Å²) in [5.41, 5.74) is 3.51. The number of rotatable bonds is 4. The number of nitrogens with two attached hydrogens (primary N) is 1. The number of nitrogens with one attached hydrogen (secondary N) is 1. The van der Waals surface area contributed by atoms with Crippen LogP contribution in [0, 0.1) is 6.92 Å². The summed E-state index contributed by atoms with van der Waals surface area (Å²) in [6.07, 6.45) is 0.740. The molecule has 0 amide bonds. The van der Waals surface area contributed by atoms with Crippen LogP contribution in [0.3, 0.4) is 0 Å². The van der Waals surface area contributed by atoms with E-state index in [9.17, 15) is 0 Å². The molecule has 2 aromatic rings. The largest absolute Gasteiger partial charge is 0.308 e. The van der Waals surface area contributed by atoms with Crippen LogP contribution < -0.4 is 11.3 Å². The predicted molar refractivity (Wildman–Crippen MR) is 84.5 cm³/mol. The number of hydrogen-bond donors (Lipinski definition) is 2. The zero-order valence-corrected chi connectivity index (χ0v) is 13.4. The van der Waals surface area contributed by atoms with E-state index in [0.29, 0.717) is 15.9 Å². The molecular weight excluding hydrogens is 315 g/mol. The van der Waals surface area contributed by atoms with E-state index in [1.165, 1.54) is 11.8 Å². The second-order valence-electron chi connectivity index (χ2n) is 4.09. The predicted octanol–water partition coefficient (Wildman–Crippen LogP) is 4.09. The van der Waals surface area contributed by atoms with E-state index in [4.69, 9.17) is 29.0 Å². The molecule has 3 N–H and O–H groups in total. The Morgan fingerprint density at radius 2 is 2.00 bits per heavy atom. The lowest BCUT2D eigenvalue weighted by molar-refractivity contribution is 0.871. The van der Waals surface area contributed by atoms with E-state index in [2.05, 4.69) is 15.4 Å². The van der Waals surface area contributed by atoms with Crippen LogP contribution >= 0.6 is 35.0 Å². The first-order chi connectivity index (χ1) is 9.55. The fraction of sp³-hybridized carbons (Fsp3) is 0.231. The summed E-state index contributed by atoms with van der Waals surface area (Å²) in [4.78, 5) is 9.83. The average molecular weight is 329 g/mol. The van der Waals surface area contributed by atoms with Gasteiger partial charge in [0.25, 0.3) is 0 Å². The Labute approximate surface area is 132 Å². The van der Waals surface area contributed by atoms with Crippen molar-refractivity contribution >= 4 is 40.8 Å². The van der Waals surface area contributed by atoms with Crippen LogP contribution in [0.4, 0.5) is 5.82 Å². The number of nitrogens with zero attached hydrogens (tertiary/aromatic N) is 2. The minimum absolute atomic E-state index is 0.524. The standard InChI is InChI=1S/C13H14Cl2N4S/c1-3-11-17-12(19-16)7(2)13(18-11)20-8-4-5-9(14)10(15)6-8/h4-6H,3,16H2,1-2H3,(H,17,18,19). The number of aromatic nitrogens is 2. The van der Waals surface area contributed by atoms with Gasteiger partial charge >= 0.3 is 0 Å². The summed E-state index contributed by atoms with van der Waals surface area (Å²) in [6, 6.07) is 5.49. The van der Waals surface area contributed by atoms with Gasteiger partial charge in [-0.05, 0) is 25.1 Å². The van der Waals surface area contributed by atoms with Crippen molar-refractivity contribution in [2.75, 3.05) is 5.43 Å². The number of halogens is 2. The molecule has 0 saturated carbocycles. The number of hydrazine groups is 1. The van der Waals surface area contributed by atoms with Gasteiger partial charge in [-0.1, -0.05) is 41.9 Å². The van der Waals surface area contributed by atoms with Crippen molar-refractivity contribution in [3.63, 3.8) is 0 Å². The average Bonchev–Trinajstić information content (AvgIpc) is 2.45. The van der Waals surface area contributed by atoms with Gasteiger partial charge in [-0.15, -0.1) is 0 Å². The van der Waals surface area contributed by atoms with E-state index < -0.39 is 0 Å². The smallest absolute Gasteiger partial charge is 0.147 e. The molecule has 0 spiro atoms. The third kappa shape index (κ3) is 3.35. The van der Waals surface area contributed by atoms with Crippen LogP contribution in [0.5, 0.6) is 0 Å². The molecule has 1 aromatic carbocycles. The van der Waals surface area contributed by atoms with Crippen LogP contribution in [0.25, 0.3) is 0 Å². The summed E-state index contributed by atoms with van der Waals surface area (Å²) in [6.45, 7) is 3.92. The summed E-state index contributed by atoms with van der Waals surface area (Å²) in [5, 5.41) is 1.91. The zero-order chi connectivity index (χ0) is 14.7. The van der Waals surface area contributed by atoms with Crippen molar-refractivity contribution in [2.45, 2.75) is 30.2 Å². The van der Waals surface area contributed by atoms with Gasteiger partial charge in [0, 0.05) is 16.9 Å². The lowest BCUT2D eigenvalue weighted by Gasteiger charge is -2.11. The van der Waals surface area contributed by atoms with Gasteiger partial charge < -0.3 is 5.43 Å². The zero-order valence-electron chi connectivity index (χ0n) is 11.1. The number of hydrogen-bond acceptors (Lipinski definition) is 5. The van der Waals surface area contributed by atoms with Crippen LogP contribution in [0.2, 0.25) is 10.0 Å². The molecule has 0 aliphatic heterocycles. The van der Waals surface area contributed by atoms with Crippen LogP contribution in [-0.4, -0.2) is 9.97 Å². The van der Waals surface area contributed by atoms with E-state index >= 15 is 0 Å². The normalized spacial score (nSPS) is 10.7. The third-order valence-electron chi connectivity index (χ3n) is 2.71. The van der Waals surface area contributed by atoms with E-state index in [-0.39, 0.29) is 0 Å². The molecule has 0 unspecified atom stereocenters. The van der Waals surface area contributed by atoms with Gasteiger partial charge in [0.15, 0.2) is 0 Å². The lowest BCUT2D eigenvalue weighted by Crippen LogP contribution is -2.13. The summed E-state index contributed by atoms with van der Waals surface area (Å²) >= 11 is 13.4. The maximum absolute atomic E-state index is 6.03. The van der Waals surface area contributed by atoms with Gasteiger partial charge in [0.2, 0.25) is 0 Å². The van der Waals surface area contributed by atoms with Crippen molar-refractivity contribution in [1.29, 1.82) is 0 Å². The van der Waals surface area contributed by atoms with Gasteiger partial charge in [-0.25, -0.2) is 15.8 Å². The molecule has 20 heavy (non-hydrogen) atoms. The van der Waals surface area contributed by atoms with Crippen molar-refractivity contribution in [3.05, 3.63) is 39.6 Å². The third-order valence-corrected chi connectivity index (χ3v) is 4.53. The lowest BCUT2D eigenvalue weighted by atomic mass is 10.3. The molecule has 0 aliphatic carbocycles.